The van der Waals surface area contributed by atoms with Crippen molar-refractivity contribution in [2.24, 2.45) is 5.92 Å². The van der Waals surface area contributed by atoms with Crippen LogP contribution in [0.5, 0.6) is 0 Å². The molecule has 2 aliphatic rings. The van der Waals surface area contributed by atoms with Crippen molar-refractivity contribution in [1.29, 1.82) is 0 Å². The summed E-state index contributed by atoms with van der Waals surface area (Å²) in [5.41, 5.74) is 1.29. The summed E-state index contributed by atoms with van der Waals surface area (Å²) < 4.78 is 0. The lowest BCUT2D eigenvalue weighted by Gasteiger charge is -2.23. The van der Waals surface area contributed by atoms with Crippen LogP contribution in [0, 0.1) is 5.92 Å². The van der Waals surface area contributed by atoms with Crippen molar-refractivity contribution >= 4 is 11.6 Å². The normalized spacial score (nSPS) is 25.5. The van der Waals surface area contributed by atoms with E-state index < -0.39 is 0 Å². The van der Waals surface area contributed by atoms with Crippen LogP contribution in [0.25, 0.3) is 0 Å². The highest BCUT2D eigenvalue weighted by atomic mass is 16.3. The largest absolute Gasteiger partial charge is 0.391 e. The molecule has 2 unspecified atom stereocenters. The molecule has 0 radical (unpaired) electrons. The molecule has 0 bridgehead atoms. The van der Waals surface area contributed by atoms with E-state index in [1.165, 1.54) is 5.56 Å². The summed E-state index contributed by atoms with van der Waals surface area (Å²) in [6.07, 6.45) is 2.16. The molecule has 2 atom stereocenters. The third-order valence-corrected chi connectivity index (χ3v) is 4.48. The molecular weight excluding hydrogens is 278 g/mol. The highest BCUT2D eigenvalue weighted by molar-refractivity contribution is 5.53. The summed E-state index contributed by atoms with van der Waals surface area (Å²) in [5.74, 6) is 2.52. The molecule has 2 aliphatic heterocycles. The fourth-order valence-electron chi connectivity index (χ4n) is 3.37. The first-order valence-electron chi connectivity index (χ1n) is 8.38. The van der Waals surface area contributed by atoms with Crippen molar-refractivity contribution < 1.29 is 10.2 Å². The topological polar surface area (TPSA) is 59.8 Å². The number of aromatic nitrogens is 1. The lowest BCUT2D eigenvalue weighted by atomic mass is 10.0. The molecule has 2 saturated heterocycles. The minimum Gasteiger partial charge on any atom is -0.391 e. The van der Waals surface area contributed by atoms with Gasteiger partial charge in [0.1, 0.15) is 11.6 Å². The Labute approximate surface area is 132 Å². The van der Waals surface area contributed by atoms with Crippen LogP contribution >= 0.6 is 0 Å². The number of anilines is 2. The Kier molecular flexibility index (Phi) is 4.54. The number of aliphatic hydroxyl groups is 2. The molecule has 0 spiro atoms. The van der Waals surface area contributed by atoms with Gasteiger partial charge in [-0.2, -0.15) is 0 Å². The Morgan fingerprint density at radius 1 is 1.05 bits per heavy atom. The summed E-state index contributed by atoms with van der Waals surface area (Å²) >= 11 is 0. The molecule has 122 valence electrons. The Bertz CT molecular complexity index is 482. The summed E-state index contributed by atoms with van der Waals surface area (Å²) in [5, 5.41) is 19.6. The van der Waals surface area contributed by atoms with Crippen LogP contribution < -0.4 is 9.80 Å². The molecule has 0 amide bonds. The maximum Gasteiger partial charge on any atom is 0.131 e. The Hall–Kier alpha value is -1.33. The molecule has 5 nitrogen and oxygen atoms in total. The average Bonchev–Trinajstić information content (AvgIpc) is 3.06. The molecule has 2 N–H and O–H groups in total. The van der Waals surface area contributed by atoms with Crippen LogP contribution in [0.2, 0.25) is 0 Å². The lowest BCUT2D eigenvalue weighted by Crippen LogP contribution is -2.26. The third kappa shape index (κ3) is 3.52. The summed E-state index contributed by atoms with van der Waals surface area (Å²) in [7, 11) is 0. The molecule has 1 aromatic rings. The van der Waals surface area contributed by atoms with Crippen LogP contribution in [0.3, 0.4) is 0 Å². The predicted octanol–water partition coefficient (Wildman–Crippen LogP) is 1.42. The van der Waals surface area contributed by atoms with Gasteiger partial charge in [-0.3, -0.25) is 0 Å². The lowest BCUT2D eigenvalue weighted by molar-refractivity contribution is 0.198. The molecule has 0 saturated carbocycles. The van der Waals surface area contributed by atoms with Crippen LogP contribution in [0.4, 0.5) is 11.6 Å². The van der Waals surface area contributed by atoms with E-state index in [4.69, 9.17) is 4.98 Å². The van der Waals surface area contributed by atoms with E-state index in [2.05, 4.69) is 35.8 Å². The van der Waals surface area contributed by atoms with Gasteiger partial charge >= 0.3 is 0 Å². The summed E-state index contributed by atoms with van der Waals surface area (Å²) in [6.45, 7) is 7.50. The molecule has 3 rings (SSSR count). The van der Waals surface area contributed by atoms with E-state index in [0.717, 1.165) is 44.0 Å². The van der Waals surface area contributed by atoms with E-state index >= 15 is 0 Å². The second-order valence-corrected chi connectivity index (χ2v) is 7.07. The first-order chi connectivity index (χ1) is 10.5. The van der Waals surface area contributed by atoms with Gasteiger partial charge in [0.2, 0.25) is 0 Å². The van der Waals surface area contributed by atoms with Crippen LogP contribution in [-0.4, -0.2) is 53.6 Å². The van der Waals surface area contributed by atoms with Gasteiger partial charge in [-0.05, 0) is 42.9 Å². The van der Waals surface area contributed by atoms with Crippen LogP contribution in [-0.2, 0) is 6.42 Å². The Morgan fingerprint density at radius 2 is 1.55 bits per heavy atom. The van der Waals surface area contributed by atoms with Crippen molar-refractivity contribution in [3.8, 4) is 0 Å². The number of pyridine rings is 1. The molecule has 0 aliphatic carbocycles. The van der Waals surface area contributed by atoms with Crippen LogP contribution in [0.15, 0.2) is 12.1 Å². The van der Waals surface area contributed by atoms with E-state index in [9.17, 15) is 10.2 Å². The zero-order valence-electron chi connectivity index (χ0n) is 13.6. The van der Waals surface area contributed by atoms with Gasteiger partial charge < -0.3 is 20.0 Å². The van der Waals surface area contributed by atoms with Crippen molar-refractivity contribution in [1.82, 2.24) is 4.98 Å². The maximum absolute atomic E-state index is 9.78. The predicted molar refractivity (Wildman–Crippen MR) is 88.5 cm³/mol. The molecule has 5 heteroatoms. The number of hydrogen-bond acceptors (Lipinski definition) is 5. The smallest absolute Gasteiger partial charge is 0.131 e. The second kappa shape index (κ2) is 6.42. The highest BCUT2D eigenvalue weighted by Crippen LogP contribution is 2.27. The highest BCUT2D eigenvalue weighted by Gasteiger charge is 2.25. The Morgan fingerprint density at radius 3 is 1.91 bits per heavy atom. The summed E-state index contributed by atoms with van der Waals surface area (Å²) in [6, 6.07) is 4.32. The van der Waals surface area contributed by atoms with Gasteiger partial charge in [-0.1, -0.05) is 13.8 Å². The van der Waals surface area contributed by atoms with E-state index in [0.29, 0.717) is 19.0 Å². The molecule has 0 aromatic carbocycles. The SMILES string of the molecule is CC(C)Cc1cc(N2CCC(O)C2)nc(N2CCC(O)C2)c1. The first kappa shape index (κ1) is 15.6. The summed E-state index contributed by atoms with van der Waals surface area (Å²) in [4.78, 5) is 9.15. The Balaban J connectivity index is 1.87. The van der Waals surface area contributed by atoms with Crippen LogP contribution in [0.1, 0.15) is 32.3 Å². The minimum atomic E-state index is -0.243. The van der Waals surface area contributed by atoms with Gasteiger partial charge in [0.05, 0.1) is 12.2 Å². The third-order valence-electron chi connectivity index (χ3n) is 4.48. The monoisotopic (exact) mass is 305 g/mol. The molecule has 1 aromatic heterocycles. The zero-order valence-corrected chi connectivity index (χ0v) is 13.6. The van der Waals surface area contributed by atoms with Crippen molar-refractivity contribution in [2.45, 2.75) is 45.3 Å². The molecule has 22 heavy (non-hydrogen) atoms. The van der Waals surface area contributed by atoms with Crippen molar-refractivity contribution in [2.75, 3.05) is 36.0 Å². The average molecular weight is 305 g/mol. The van der Waals surface area contributed by atoms with Crippen molar-refractivity contribution in [3.63, 3.8) is 0 Å². The quantitative estimate of drug-likeness (QED) is 0.881. The number of hydrogen-bond donors (Lipinski definition) is 2. The van der Waals surface area contributed by atoms with E-state index in [1.807, 2.05) is 0 Å². The van der Waals surface area contributed by atoms with Gasteiger partial charge in [-0.15, -0.1) is 0 Å². The van der Waals surface area contributed by atoms with E-state index in [1.54, 1.807) is 0 Å². The van der Waals surface area contributed by atoms with Gasteiger partial charge in [0, 0.05) is 26.2 Å². The molecule has 2 fully saturated rings. The number of rotatable bonds is 4. The fourth-order valence-corrected chi connectivity index (χ4v) is 3.37. The van der Waals surface area contributed by atoms with Crippen molar-refractivity contribution in [3.05, 3.63) is 17.7 Å². The van der Waals surface area contributed by atoms with Gasteiger partial charge in [0.15, 0.2) is 0 Å². The fraction of sp³-hybridized carbons (Fsp3) is 0.706. The standard InChI is InChI=1S/C17H27N3O2/c1-12(2)7-13-8-16(19-5-3-14(21)10-19)18-17(9-13)20-6-4-15(22)11-20/h8-9,12,14-15,21-22H,3-7,10-11H2,1-2H3. The van der Waals surface area contributed by atoms with Gasteiger partial charge in [-0.25, -0.2) is 4.98 Å². The minimum absolute atomic E-state index is 0.243. The molecule has 3 heterocycles. The van der Waals surface area contributed by atoms with Gasteiger partial charge in [0.25, 0.3) is 0 Å². The molecular formula is C17H27N3O2. The number of β-amino-alcohol motifs (C(OH)–C–C–N with tert-alkyl or cyclic N) is 2. The zero-order chi connectivity index (χ0) is 15.7. The second-order valence-electron chi connectivity index (χ2n) is 7.07. The van der Waals surface area contributed by atoms with E-state index in [-0.39, 0.29) is 12.2 Å². The maximum atomic E-state index is 9.78. The number of nitrogens with zero attached hydrogens (tertiary/aromatic N) is 3. The number of aliphatic hydroxyl groups excluding tert-OH is 2. The first-order valence-corrected chi connectivity index (χ1v) is 8.38.